The lowest BCUT2D eigenvalue weighted by atomic mass is 10.2. The molecule has 0 radical (unpaired) electrons. The Bertz CT molecular complexity index is 1130. The van der Waals surface area contributed by atoms with E-state index >= 15 is 0 Å². The molecule has 0 aliphatic carbocycles. The maximum atomic E-state index is 12.9. The van der Waals surface area contributed by atoms with Gasteiger partial charge in [-0.05, 0) is 42.8 Å². The summed E-state index contributed by atoms with van der Waals surface area (Å²) in [4.78, 5) is -0.0370. The summed E-state index contributed by atoms with van der Waals surface area (Å²) in [5, 5.41) is 8.95. The molecule has 1 fully saturated rings. The van der Waals surface area contributed by atoms with Crippen LogP contribution in [-0.2, 0) is 24.8 Å². The van der Waals surface area contributed by atoms with Gasteiger partial charge in [0.2, 0.25) is 10.0 Å². The van der Waals surface area contributed by atoms with E-state index in [0.717, 1.165) is 0 Å². The summed E-state index contributed by atoms with van der Waals surface area (Å²) < 4.78 is 60.0. The minimum atomic E-state index is -3.98. The first-order chi connectivity index (χ1) is 13.2. The monoisotopic (exact) mass is 421 g/mol. The van der Waals surface area contributed by atoms with E-state index in [0.29, 0.717) is 18.8 Å². The Morgan fingerprint density at radius 2 is 1.79 bits per heavy atom. The largest absolute Gasteiger partial charge is 0.379 e. The molecule has 0 aromatic heterocycles. The number of aryl methyl sites for hydroxylation is 1. The molecule has 1 N–H and O–H groups in total. The molecule has 0 atom stereocenters. The van der Waals surface area contributed by atoms with Gasteiger partial charge in [-0.3, -0.25) is 4.72 Å². The highest BCUT2D eigenvalue weighted by Crippen LogP contribution is 2.26. The standard InChI is InChI=1S/C18H19N3O5S2/c1-14-5-6-16(12-18(14)28(24,25)21-7-9-26-10-8-21)20-27(22,23)17-4-2-3-15(11-17)13-19/h2-6,11-12,20H,7-10H2,1H3. The van der Waals surface area contributed by atoms with Crippen LogP contribution in [0.15, 0.2) is 52.3 Å². The number of ether oxygens (including phenoxy) is 1. The highest BCUT2D eigenvalue weighted by Gasteiger charge is 2.28. The first-order valence-corrected chi connectivity index (χ1v) is 11.4. The van der Waals surface area contributed by atoms with Gasteiger partial charge in [0.05, 0.1) is 40.3 Å². The normalized spacial score (nSPS) is 15.7. The highest BCUT2D eigenvalue weighted by atomic mass is 32.2. The van der Waals surface area contributed by atoms with E-state index in [1.165, 1.54) is 40.7 Å². The lowest BCUT2D eigenvalue weighted by Gasteiger charge is -2.26. The predicted molar refractivity (Wildman–Crippen MR) is 103 cm³/mol. The lowest BCUT2D eigenvalue weighted by molar-refractivity contribution is 0.0730. The number of anilines is 1. The third-order valence-corrected chi connectivity index (χ3v) is 7.72. The fraction of sp³-hybridized carbons (Fsp3) is 0.278. The quantitative estimate of drug-likeness (QED) is 0.785. The second-order valence-electron chi connectivity index (χ2n) is 6.24. The van der Waals surface area contributed by atoms with E-state index in [-0.39, 0.29) is 34.1 Å². The van der Waals surface area contributed by atoms with E-state index in [4.69, 9.17) is 10.00 Å². The van der Waals surface area contributed by atoms with Crippen LogP contribution in [0.5, 0.6) is 0 Å². The zero-order valence-electron chi connectivity index (χ0n) is 15.1. The molecule has 0 saturated carbocycles. The average Bonchev–Trinajstić information content (AvgIpc) is 2.70. The van der Waals surface area contributed by atoms with Crippen LogP contribution in [0, 0.1) is 18.3 Å². The van der Waals surface area contributed by atoms with Crippen LogP contribution in [-0.4, -0.2) is 47.4 Å². The minimum Gasteiger partial charge on any atom is -0.379 e. The molecule has 28 heavy (non-hydrogen) atoms. The van der Waals surface area contributed by atoms with Crippen molar-refractivity contribution in [2.45, 2.75) is 16.7 Å². The van der Waals surface area contributed by atoms with Gasteiger partial charge in [-0.15, -0.1) is 0 Å². The van der Waals surface area contributed by atoms with Gasteiger partial charge in [-0.2, -0.15) is 9.57 Å². The Morgan fingerprint density at radius 3 is 2.46 bits per heavy atom. The van der Waals surface area contributed by atoms with Gasteiger partial charge in [-0.1, -0.05) is 12.1 Å². The number of rotatable bonds is 5. The second-order valence-corrected chi connectivity index (χ2v) is 9.83. The summed E-state index contributed by atoms with van der Waals surface area (Å²) in [5.41, 5.74) is 0.850. The zero-order valence-corrected chi connectivity index (χ0v) is 16.8. The first kappa shape index (κ1) is 20.3. The minimum absolute atomic E-state index is 0.0420. The van der Waals surface area contributed by atoms with Crippen LogP contribution in [0.4, 0.5) is 5.69 Å². The molecule has 0 amide bonds. The number of sulfonamides is 2. The third-order valence-electron chi connectivity index (χ3n) is 4.30. The summed E-state index contributed by atoms with van der Waals surface area (Å²) >= 11 is 0. The molecule has 1 saturated heterocycles. The Morgan fingerprint density at radius 1 is 1.07 bits per heavy atom. The average molecular weight is 422 g/mol. The highest BCUT2D eigenvalue weighted by molar-refractivity contribution is 7.92. The maximum Gasteiger partial charge on any atom is 0.261 e. The van der Waals surface area contributed by atoms with Gasteiger partial charge in [0.15, 0.2) is 0 Å². The number of nitrogens with one attached hydrogen (secondary N) is 1. The van der Waals surface area contributed by atoms with Gasteiger partial charge in [0.25, 0.3) is 10.0 Å². The molecule has 2 aromatic rings. The van der Waals surface area contributed by atoms with Crippen molar-refractivity contribution in [3.8, 4) is 6.07 Å². The molecule has 148 valence electrons. The summed E-state index contributed by atoms with van der Waals surface area (Å²) in [6.45, 7) is 2.79. The van der Waals surface area contributed by atoms with Crippen molar-refractivity contribution in [3.05, 3.63) is 53.6 Å². The SMILES string of the molecule is Cc1ccc(NS(=O)(=O)c2cccc(C#N)c2)cc1S(=O)(=O)N1CCOCC1. The molecule has 0 bridgehead atoms. The van der Waals surface area contributed by atoms with Crippen LogP contribution in [0.1, 0.15) is 11.1 Å². The Labute approximate surface area is 164 Å². The van der Waals surface area contributed by atoms with E-state index < -0.39 is 20.0 Å². The third kappa shape index (κ3) is 4.18. The van der Waals surface area contributed by atoms with Crippen molar-refractivity contribution < 1.29 is 21.6 Å². The number of nitriles is 1. The van der Waals surface area contributed by atoms with Crippen molar-refractivity contribution in [1.29, 1.82) is 5.26 Å². The molecule has 1 aliphatic rings. The molecule has 1 heterocycles. The summed E-state index contributed by atoms with van der Waals surface area (Å²) in [6.07, 6.45) is 0. The van der Waals surface area contributed by atoms with E-state index in [1.54, 1.807) is 13.0 Å². The number of hydrogen-bond acceptors (Lipinski definition) is 6. The van der Waals surface area contributed by atoms with Gasteiger partial charge in [0.1, 0.15) is 0 Å². The Kier molecular flexibility index (Phi) is 5.71. The van der Waals surface area contributed by atoms with Gasteiger partial charge in [-0.25, -0.2) is 16.8 Å². The van der Waals surface area contributed by atoms with Crippen molar-refractivity contribution in [1.82, 2.24) is 4.31 Å². The van der Waals surface area contributed by atoms with Crippen LogP contribution in [0.3, 0.4) is 0 Å². The zero-order chi connectivity index (χ0) is 20.4. The Balaban J connectivity index is 1.94. The fourth-order valence-electron chi connectivity index (χ4n) is 2.81. The van der Waals surface area contributed by atoms with E-state index in [9.17, 15) is 16.8 Å². The van der Waals surface area contributed by atoms with Crippen LogP contribution < -0.4 is 4.72 Å². The van der Waals surface area contributed by atoms with Gasteiger partial charge < -0.3 is 4.74 Å². The lowest BCUT2D eigenvalue weighted by Crippen LogP contribution is -2.40. The Hall–Kier alpha value is -2.45. The number of morpholine rings is 1. The second kappa shape index (κ2) is 7.89. The van der Waals surface area contributed by atoms with Crippen LogP contribution in [0.2, 0.25) is 0 Å². The smallest absolute Gasteiger partial charge is 0.261 e. The number of nitrogens with zero attached hydrogens (tertiary/aromatic N) is 2. The van der Waals surface area contributed by atoms with Gasteiger partial charge in [0, 0.05) is 13.1 Å². The van der Waals surface area contributed by atoms with Crippen molar-refractivity contribution in [2.75, 3.05) is 31.0 Å². The topological polar surface area (TPSA) is 117 Å². The first-order valence-electron chi connectivity index (χ1n) is 8.45. The number of hydrogen-bond donors (Lipinski definition) is 1. The molecular weight excluding hydrogens is 402 g/mol. The van der Waals surface area contributed by atoms with E-state index in [1.807, 2.05) is 6.07 Å². The van der Waals surface area contributed by atoms with E-state index in [2.05, 4.69) is 4.72 Å². The molecule has 10 heteroatoms. The molecule has 8 nitrogen and oxygen atoms in total. The van der Waals surface area contributed by atoms with Crippen LogP contribution >= 0.6 is 0 Å². The molecule has 1 aliphatic heterocycles. The molecule has 2 aromatic carbocycles. The van der Waals surface area contributed by atoms with Crippen LogP contribution in [0.25, 0.3) is 0 Å². The molecule has 0 unspecified atom stereocenters. The van der Waals surface area contributed by atoms with Crippen molar-refractivity contribution in [3.63, 3.8) is 0 Å². The molecule has 0 spiro atoms. The predicted octanol–water partition coefficient (Wildman–Crippen LogP) is 1.69. The number of benzene rings is 2. The molecular formula is C18H19N3O5S2. The molecule has 3 rings (SSSR count). The summed E-state index contributed by atoms with van der Waals surface area (Å²) in [6, 6.07) is 11.8. The van der Waals surface area contributed by atoms with Gasteiger partial charge >= 0.3 is 0 Å². The van der Waals surface area contributed by atoms with Crippen molar-refractivity contribution in [2.24, 2.45) is 0 Å². The van der Waals surface area contributed by atoms with Crippen molar-refractivity contribution >= 4 is 25.7 Å². The fourth-order valence-corrected chi connectivity index (χ4v) is 5.57. The summed E-state index contributed by atoms with van der Waals surface area (Å²) in [7, 11) is -7.75. The maximum absolute atomic E-state index is 12.9. The summed E-state index contributed by atoms with van der Waals surface area (Å²) in [5.74, 6) is 0.